The van der Waals surface area contributed by atoms with Crippen LogP contribution in [0.15, 0.2) is 24.3 Å². The molecule has 1 atom stereocenters. The van der Waals surface area contributed by atoms with Crippen molar-refractivity contribution in [1.29, 1.82) is 0 Å². The number of urea groups is 1. The molecule has 3 amide bonds. The number of carbonyl (C=O) groups is 2. The standard InChI is InChI=1S/C12H14FN3O2/c1-12(10(17)16(14)11(18)15-12)6-5-8-3-2-4-9(13)7-8/h2-4,7H,5-6,14H2,1H3,(H,15,18). The second-order valence-electron chi connectivity index (χ2n) is 4.57. The number of hydrazine groups is 1. The molecule has 0 radical (unpaired) electrons. The molecule has 1 fully saturated rings. The first-order valence-corrected chi connectivity index (χ1v) is 5.58. The van der Waals surface area contributed by atoms with Gasteiger partial charge in [0.2, 0.25) is 0 Å². The van der Waals surface area contributed by atoms with E-state index in [1.807, 2.05) is 0 Å². The number of aryl methyl sites for hydroxylation is 1. The summed E-state index contributed by atoms with van der Waals surface area (Å²) < 4.78 is 13.0. The minimum Gasteiger partial charge on any atom is -0.322 e. The smallest absolute Gasteiger partial charge is 0.322 e. The summed E-state index contributed by atoms with van der Waals surface area (Å²) in [6.07, 6.45) is 0.850. The van der Waals surface area contributed by atoms with Crippen molar-refractivity contribution in [2.75, 3.05) is 0 Å². The van der Waals surface area contributed by atoms with Crippen LogP contribution in [0.2, 0.25) is 0 Å². The van der Waals surface area contributed by atoms with Crippen molar-refractivity contribution < 1.29 is 14.0 Å². The summed E-state index contributed by atoms with van der Waals surface area (Å²) in [6, 6.07) is 5.53. The maximum Gasteiger partial charge on any atom is 0.339 e. The number of nitrogens with two attached hydrogens (primary N) is 1. The van der Waals surface area contributed by atoms with Gasteiger partial charge in [-0.3, -0.25) is 4.79 Å². The van der Waals surface area contributed by atoms with Crippen molar-refractivity contribution in [3.8, 4) is 0 Å². The minimum atomic E-state index is -1.02. The van der Waals surface area contributed by atoms with E-state index in [1.165, 1.54) is 12.1 Å². The van der Waals surface area contributed by atoms with E-state index < -0.39 is 17.5 Å². The van der Waals surface area contributed by atoms with Crippen LogP contribution in [0.1, 0.15) is 18.9 Å². The minimum absolute atomic E-state index is 0.320. The van der Waals surface area contributed by atoms with Crippen molar-refractivity contribution in [1.82, 2.24) is 10.3 Å². The van der Waals surface area contributed by atoms with Crippen LogP contribution >= 0.6 is 0 Å². The quantitative estimate of drug-likeness (QED) is 0.477. The van der Waals surface area contributed by atoms with Crippen LogP contribution < -0.4 is 11.2 Å². The van der Waals surface area contributed by atoms with Gasteiger partial charge >= 0.3 is 6.03 Å². The number of hydrogen-bond donors (Lipinski definition) is 2. The van der Waals surface area contributed by atoms with Crippen molar-refractivity contribution in [3.63, 3.8) is 0 Å². The lowest BCUT2D eigenvalue weighted by Gasteiger charge is -2.20. The number of imide groups is 1. The van der Waals surface area contributed by atoms with E-state index in [-0.39, 0.29) is 5.82 Å². The number of benzene rings is 1. The molecule has 96 valence electrons. The van der Waals surface area contributed by atoms with E-state index in [2.05, 4.69) is 5.32 Å². The highest BCUT2D eigenvalue weighted by atomic mass is 19.1. The Hall–Kier alpha value is -1.95. The largest absolute Gasteiger partial charge is 0.339 e. The number of hydrogen-bond acceptors (Lipinski definition) is 3. The van der Waals surface area contributed by atoms with E-state index in [1.54, 1.807) is 19.1 Å². The van der Waals surface area contributed by atoms with Gasteiger partial charge in [-0.05, 0) is 37.5 Å². The van der Waals surface area contributed by atoms with Gasteiger partial charge < -0.3 is 5.32 Å². The van der Waals surface area contributed by atoms with Gasteiger partial charge in [-0.15, -0.1) is 0 Å². The Kier molecular flexibility index (Phi) is 3.04. The third-order valence-electron chi connectivity index (χ3n) is 3.10. The zero-order chi connectivity index (χ0) is 13.3. The van der Waals surface area contributed by atoms with Crippen molar-refractivity contribution in [2.24, 2.45) is 5.84 Å². The Bertz CT molecular complexity index is 506. The number of nitrogens with one attached hydrogen (secondary N) is 1. The highest BCUT2D eigenvalue weighted by Crippen LogP contribution is 2.21. The van der Waals surface area contributed by atoms with Crippen LogP contribution in [0.5, 0.6) is 0 Å². The summed E-state index contributed by atoms with van der Waals surface area (Å²) in [5.41, 5.74) is -0.244. The van der Waals surface area contributed by atoms with Crippen LogP contribution in [0.3, 0.4) is 0 Å². The van der Waals surface area contributed by atoms with Crippen LogP contribution in [0, 0.1) is 5.82 Å². The lowest BCUT2D eigenvalue weighted by Crippen LogP contribution is -2.45. The fraction of sp³-hybridized carbons (Fsp3) is 0.333. The summed E-state index contributed by atoms with van der Waals surface area (Å²) in [6.45, 7) is 1.61. The van der Waals surface area contributed by atoms with Gasteiger partial charge in [-0.1, -0.05) is 12.1 Å². The third-order valence-corrected chi connectivity index (χ3v) is 3.10. The maximum atomic E-state index is 13.0. The molecule has 0 saturated carbocycles. The normalized spacial score (nSPS) is 23.4. The van der Waals surface area contributed by atoms with Crippen molar-refractivity contribution >= 4 is 11.9 Å². The molecule has 6 heteroatoms. The van der Waals surface area contributed by atoms with E-state index >= 15 is 0 Å². The van der Waals surface area contributed by atoms with Crippen LogP contribution in [-0.2, 0) is 11.2 Å². The second kappa shape index (κ2) is 4.38. The van der Waals surface area contributed by atoms with Crippen molar-refractivity contribution in [2.45, 2.75) is 25.3 Å². The molecule has 0 bridgehead atoms. The summed E-state index contributed by atoms with van der Waals surface area (Å²) in [4.78, 5) is 23.0. The first-order chi connectivity index (χ1) is 8.42. The number of nitrogens with zero attached hydrogens (tertiary/aromatic N) is 1. The van der Waals surface area contributed by atoms with E-state index in [0.29, 0.717) is 17.9 Å². The molecular formula is C12H14FN3O2. The van der Waals surface area contributed by atoms with Crippen LogP contribution in [0.25, 0.3) is 0 Å². The average Bonchev–Trinajstić information content (AvgIpc) is 2.52. The number of carbonyl (C=O) groups excluding carboxylic acids is 2. The molecule has 1 heterocycles. The molecule has 1 aromatic carbocycles. The summed E-state index contributed by atoms with van der Waals surface area (Å²) in [7, 11) is 0. The van der Waals surface area contributed by atoms with E-state index in [0.717, 1.165) is 5.56 Å². The highest BCUT2D eigenvalue weighted by Gasteiger charge is 2.46. The SMILES string of the molecule is CC1(CCc2cccc(F)c2)NC(=O)N(N)C1=O. The monoisotopic (exact) mass is 251 g/mol. The van der Waals surface area contributed by atoms with Gasteiger partial charge in [-0.2, -0.15) is 5.01 Å². The topological polar surface area (TPSA) is 75.4 Å². The highest BCUT2D eigenvalue weighted by molar-refractivity contribution is 6.06. The zero-order valence-corrected chi connectivity index (χ0v) is 9.94. The average molecular weight is 251 g/mol. The number of amides is 3. The van der Waals surface area contributed by atoms with Gasteiger partial charge in [0.1, 0.15) is 11.4 Å². The Morgan fingerprint density at radius 3 is 2.72 bits per heavy atom. The Morgan fingerprint density at radius 2 is 2.17 bits per heavy atom. The second-order valence-corrected chi connectivity index (χ2v) is 4.57. The molecule has 2 rings (SSSR count). The molecule has 5 nitrogen and oxygen atoms in total. The Balaban J connectivity index is 2.06. The first-order valence-electron chi connectivity index (χ1n) is 5.58. The fourth-order valence-electron chi connectivity index (χ4n) is 1.96. The maximum absolute atomic E-state index is 13.0. The summed E-state index contributed by atoms with van der Waals surface area (Å²) >= 11 is 0. The van der Waals surface area contributed by atoms with Gasteiger partial charge in [0.15, 0.2) is 0 Å². The zero-order valence-electron chi connectivity index (χ0n) is 9.94. The predicted molar refractivity (Wildman–Crippen MR) is 62.7 cm³/mol. The van der Waals surface area contributed by atoms with Gasteiger partial charge in [-0.25, -0.2) is 15.0 Å². The lowest BCUT2D eigenvalue weighted by atomic mass is 9.93. The first kappa shape index (κ1) is 12.5. The molecule has 0 aliphatic carbocycles. The molecule has 1 saturated heterocycles. The molecular weight excluding hydrogens is 237 g/mol. The Morgan fingerprint density at radius 1 is 1.44 bits per heavy atom. The summed E-state index contributed by atoms with van der Waals surface area (Å²) in [5.74, 6) is 4.51. The molecule has 18 heavy (non-hydrogen) atoms. The fourth-order valence-corrected chi connectivity index (χ4v) is 1.96. The van der Waals surface area contributed by atoms with Gasteiger partial charge in [0, 0.05) is 0 Å². The molecule has 1 aliphatic heterocycles. The Labute approximate surface area is 104 Å². The number of halogens is 1. The van der Waals surface area contributed by atoms with E-state index in [4.69, 9.17) is 5.84 Å². The summed E-state index contributed by atoms with van der Waals surface area (Å²) in [5, 5.41) is 3.11. The molecule has 1 aromatic rings. The van der Waals surface area contributed by atoms with Crippen LogP contribution in [-0.4, -0.2) is 22.5 Å². The predicted octanol–water partition coefficient (Wildman–Crippen LogP) is 0.942. The van der Waals surface area contributed by atoms with Crippen LogP contribution in [0.4, 0.5) is 9.18 Å². The molecule has 1 unspecified atom stereocenters. The molecule has 0 spiro atoms. The molecule has 0 aromatic heterocycles. The van der Waals surface area contributed by atoms with E-state index in [9.17, 15) is 14.0 Å². The van der Waals surface area contributed by atoms with Crippen molar-refractivity contribution in [3.05, 3.63) is 35.6 Å². The molecule has 3 N–H and O–H groups in total. The number of rotatable bonds is 3. The lowest BCUT2D eigenvalue weighted by molar-refractivity contribution is -0.131. The third kappa shape index (κ3) is 2.19. The van der Waals surface area contributed by atoms with Gasteiger partial charge in [0.25, 0.3) is 5.91 Å². The van der Waals surface area contributed by atoms with Gasteiger partial charge in [0.05, 0.1) is 0 Å². The molecule has 1 aliphatic rings.